The molecular formula is C30H28N2O6. The first-order valence-corrected chi connectivity index (χ1v) is 13.4. The number of carbonyl (C=O) groups is 3. The first-order chi connectivity index (χ1) is 18.4. The number of methoxy groups -OCH3 is 1. The van der Waals surface area contributed by atoms with Crippen molar-refractivity contribution < 1.29 is 29.0 Å². The number of aliphatic carboxylic acids is 1. The van der Waals surface area contributed by atoms with Crippen LogP contribution in [0.1, 0.15) is 57.5 Å². The smallest absolute Gasteiger partial charge is 0.330 e. The molecule has 2 aromatic carbocycles. The number of carboxylic acids is 1. The summed E-state index contributed by atoms with van der Waals surface area (Å²) in [4.78, 5) is 44.0. The molecule has 3 heterocycles. The first-order valence-electron chi connectivity index (χ1n) is 13.4. The second-order valence-electron chi connectivity index (χ2n) is 11.6. The fourth-order valence-corrected chi connectivity index (χ4v) is 8.28. The van der Waals surface area contributed by atoms with Gasteiger partial charge in [0.1, 0.15) is 11.6 Å². The number of carbonyl (C=O) groups excluding carboxylic acids is 2. The summed E-state index contributed by atoms with van der Waals surface area (Å²) in [5.74, 6) is 0.00318. The molecule has 2 fully saturated rings. The van der Waals surface area contributed by atoms with Crippen molar-refractivity contribution in [1.82, 2.24) is 9.80 Å². The molecule has 1 N–H and O–H groups in total. The second kappa shape index (κ2) is 7.18. The third kappa shape index (κ3) is 2.44. The van der Waals surface area contributed by atoms with Crippen LogP contribution < -0.4 is 9.47 Å². The summed E-state index contributed by atoms with van der Waals surface area (Å²) in [6, 6.07) is 10.2. The van der Waals surface area contributed by atoms with Crippen LogP contribution >= 0.6 is 0 Å². The largest absolute Gasteiger partial charge is 0.493 e. The standard InChI is InChI=1S/C30H28N2O6/c1-37-21-10-8-17-14-30(28(35)36)22-11-9-20(32-26(33)18-4-2-3-5-19(18)27(32)34)25-29(22,23(17)24(21)38-25)12-13-31(30)15-16-6-7-16/h2-5,8,10,12-13,16,20,22,25H,6-7,9,11,14-15H2,1H3,(H,35,36)/t20-,22+,25+,29+,30-/m1/s1. The number of benzene rings is 2. The van der Waals surface area contributed by atoms with Gasteiger partial charge < -0.3 is 19.5 Å². The molecule has 8 heteroatoms. The quantitative estimate of drug-likeness (QED) is 0.614. The molecule has 8 rings (SSSR count). The van der Waals surface area contributed by atoms with Crippen LogP contribution in [0.15, 0.2) is 48.7 Å². The topological polar surface area (TPSA) is 96.4 Å². The van der Waals surface area contributed by atoms with Gasteiger partial charge in [0.05, 0.1) is 29.7 Å². The summed E-state index contributed by atoms with van der Waals surface area (Å²) in [5.41, 5.74) is 0.819. The Labute approximate surface area is 219 Å². The lowest BCUT2D eigenvalue weighted by Gasteiger charge is -2.61. The van der Waals surface area contributed by atoms with Crippen LogP contribution in [0.4, 0.5) is 0 Å². The Bertz CT molecular complexity index is 1440. The molecule has 194 valence electrons. The lowest BCUT2D eigenvalue weighted by atomic mass is 9.48. The zero-order valence-electron chi connectivity index (χ0n) is 21.1. The number of imide groups is 1. The van der Waals surface area contributed by atoms with Gasteiger partial charge in [-0.3, -0.25) is 14.5 Å². The minimum absolute atomic E-state index is 0.270. The summed E-state index contributed by atoms with van der Waals surface area (Å²) in [6.07, 6.45) is 7.17. The van der Waals surface area contributed by atoms with E-state index in [9.17, 15) is 19.5 Å². The van der Waals surface area contributed by atoms with Crippen LogP contribution in [0.3, 0.4) is 0 Å². The molecule has 2 saturated carbocycles. The van der Waals surface area contributed by atoms with Gasteiger partial charge in [-0.25, -0.2) is 4.79 Å². The van der Waals surface area contributed by atoms with Crippen molar-refractivity contribution >= 4 is 17.8 Å². The monoisotopic (exact) mass is 512 g/mol. The van der Waals surface area contributed by atoms with Crippen molar-refractivity contribution in [1.29, 1.82) is 0 Å². The molecule has 2 bridgehead atoms. The Balaban J connectivity index is 1.33. The van der Waals surface area contributed by atoms with E-state index < -0.39 is 29.1 Å². The highest BCUT2D eigenvalue weighted by Crippen LogP contribution is 2.66. The van der Waals surface area contributed by atoms with E-state index in [2.05, 4.69) is 11.0 Å². The van der Waals surface area contributed by atoms with Crippen LogP contribution in [0.5, 0.6) is 11.5 Å². The molecule has 5 atom stereocenters. The van der Waals surface area contributed by atoms with Crippen molar-refractivity contribution in [3.8, 4) is 11.5 Å². The zero-order chi connectivity index (χ0) is 26.0. The van der Waals surface area contributed by atoms with E-state index in [4.69, 9.17) is 9.47 Å². The summed E-state index contributed by atoms with van der Waals surface area (Å²) in [5, 5.41) is 10.9. The lowest BCUT2D eigenvalue weighted by Crippen LogP contribution is -2.73. The molecular weight excluding hydrogens is 484 g/mol. The highest BCUT2D eigenvalue weighted by molar-refractivity contribution is 6.21. The van der Waals surface area contributed by atoms with Crippen LogP contribution in [0.2, 0.25) is 0 Å². The van der Waals surface area contributed by atoms with Crippen LogP contribution in [0, 0.1) is 11.8 Å². The van der Waals surface area contributed by atoms with Crippen molar-refractivity contribution in [3.63, 3.8) is 0 Å². The predicted molar refractivity (Wildman–Crippen MR) is 135 cm³/mol. The number of carboxylic acid groups (broad SMARTS) is 1. The first kappa shape index (κ1) is 22.2. The normalized spacial score (nSPS) is 33.7. The van der Waals surface area contributed by atoms with E-state index in [0.29, 0.717) is 47.8 Å². The van der Waals surface area contributed by atoms with Gasteiger partial charge in [0.15, 0.2) is 11.5 Å². The third-order valence-electron chi connectivity index (χ3n) is 10.0. The zero-order valence-corrected chi connectivity index (χ0v) is 21.1. The van der Waals surface area contributed by atoms with Crippen molar-refractivity contribution in [2.75, 3.05) is 13.7 Å². The van der Waals surface area contributed by atoms with Gasteiger partial charge in [-0.2, -0.15) is 0 Å². The number of rotatable bonds is 5. The van der Waals surface area contributed by atoms with Gasteiger partial charge in [0.2, 0.25) is 0 Å². The minimum atomic E-state index is -1.12. The SMILES string of the molecule is COc1ccc2c3c1O[C@H]1[C@H](N4C(=O)c5ccccc5C4=O)CC[C@H]4[C@@]31C=CN(CC1CC1)[C@]4(C(=O)O)C2. The average molecular weight is 513 g/mol. The Morgan fingerprint density at radius 2 is 1.82 bits per heavy atom. The van der Waals surface area contributed by atoms with Gasteiger partial charge >= 0.3 is 5.97 Å². The molecule has 3 aliphatic carbocycles. The fourth-order valence-electron chi connectivity index (χ4n) is 8.28. The van der Waals surface area contributed by atoms with Crippen molar-refractivity contribution in [2.24, 2.45) is 11.8 Å². The molecule has 38 heavy (non-hydrogen) atoms. The van der Waals surface area contributed by atoms with E-state index >= 15 is 0 Å². The number of hydrogen-bond acceptors (Lipinski definition) is 6. The third-order valence-corrected chi connectivity index (χ3v) is 10.0. The molecule has 8 nitrogen and oxygen atoms in total. The van der Waals surface area contributed by atoms with Gasteiger partial charge in [-0.15, -0.1) is 0 Å². The fraction of sp³-hybridized carbons (Fsp3) is 0.433. The highest BCUT2D eigenvalue weighted by atomic mass is 16.5. The average Bonchev–Trinajstić information content (AvgIpc) is 3.62. The molecule has 2 aromatic rings. The molecule has 2 amide bonds. The summed E-state index contributed by atoms with van der Waals surface area (Å²) in [7, 11) is 1.60. The Morgan fingerprint density at radius 1 is 1.08 bits per heavy atom. The Morgan fingerprint density at radius 3 is 2.47 bits per heavy atom. The molecule has 1 spiro atoms. The van der Waals surface area contributed by atoms with Crippen molar-refractivity contribution in [3.05, 3.63) is 70.9 Å². The number of fused-ring (bicyclic) bond motifs is 1. The van der Waals surface area contributed by atoms with Gasteiger partial charge in [0.25, 0.3) is 11.8 Å². The number of hydrogen-bond donors (Lipinski definition) is 1. The van der Waals surface area contributed by atoms with E-state index in [1.54, 1.807) is 31.4 Å². The van der Waals surface area contributed by atoms with Crippen LogP contribution in [-0.4, -0.2) is 64.0 Å². The molecule has 3 aliphatic heterocycles. The molecule has 6 aliphatic rings. The maximum Gasteiger partial charge on any atom is 0.330 e. The molecule has 0 aromatic heterocycles. The minimum Gasteiger partial charge on any atom is -0.493 e. The van der Waals surface area contributed by atoms with Crippen LogP contribution in [0.25, 0.3) is 0 Å². The summed E-state index contributed by atoms with van der Waals surface area (Å²) >= 11 is 0. The summed E-state index contributed by atoms with van der Waals surface area (Å²) < 4.78 is 12.4. The van der Waals surface area contributed by atoms with E-state index in [1.807, 2.05) is 18.3 Å². The maximum absolute atomic E-state index is 13.6. The lowest BCUT2D eigenvalue weighted by molar-refractivity contribution is -0.163. The predicted octanol–water partition coefficient (Wildman–Crippen LogP) is 3.39. The number of ether oxygens (including phenoxy) is 2. The van der Waals surface area contributed by atoms with Gasteiger partial charge in [-0.1, -0.05) is 24.3 Å². The summed E-state index contributed by atoms with van der Waals surface area (Å²) in [6.45, 7) is 0.723. The van der Waals surface area contributed by atoms with E-state index in [1.165, 1.54) is 4.90 Å². The molecule has 0 unspecified atom stereocenters. The Kier molecular flexibility index (Phi) is 4.20. The number of amides is 2. The second-order valence-corrected chi connectivity index (χ2v) is 11.6. The molecule has 0 radical (unpaired) electrons. The van der Waals surface area contributed by atoms with Gasteiger partial charge in [-0.05, 0) is 61.6 Å². The van der Waals surface area contributed by atoms with E-state index in [0.717, 1.165) is 30.5 Å². The van der Waals surface area contributed by atoms with E-state index in [-0.39, 0.29) is 17.7 Å². The van der Waals surface area contributed by atoms with Gasteiger partial charge in [0, 0.05) is 24.4 Å². The maximum atomic E-state index is 13.6. The van der Waals surface area contributed by atoms with Crippen LogP contribution in [-0.2, 0) is 16.6 Å². The Hall–Kier alpha value is -3.81. The van der Waals surface area contributed by atoms with Crippen molar-refractivity contribution in [2.45, 2.75) is 55.2 Å². The molecule has 0 saturated heterocycles. The highest BCUT2D eigenvalue weighted by Gasteiger charge is 2.72. The number of nitrogens with zero attached hydrogens (tertiary/aromatic N) is 2.